The highest BCUT2D eigenvalue weighted by molar-refractivity contribution is 6.31. The number of aromatic nitrogens is 2. The number of nitrogens with zero attached hydrogens (tertiary/aromatic N) is 2. The monoisotopic (exact) mass is 223 g/mol. The Kier molecular flexibility index (Phi) is 2.87. The van der Waals surface area contributed by atoms with Gasteiger partial charge in [-0.3, -0.25) is 0 Å². The summed E-state index contributed by atoms with van der Waals surface area (Å²) >= 11 is 5.86. The van der Waals surface area contributed by atoms with Gasteiger partial charge in [0, 0.05) is 12.4 Å². The Balaban J connectivity index is 2.13. The Hall–Kier alpha value is -1.55. The molecule has 0 bridgehead atoms. The highest BCUT2D eigenvalue weighted by Gasteiger charge is 2.10. The molecule has 2 aromatic rings. The molecule has 5 heteroatoms. The highest BCUT2D eigenvalue weighted by atomic mass is 35.5. The van der Waals surface area contributed by atoms with Gasteiger partial charge in [-0.25, -0.2) is 9.97 Å². The van der Waals surface area contributed by atoms with Crippen molar-refractivity contribution in [2.75, 3.05) is 5.32 Å². The van der Waals surface area contributed by atoms with Crippen LogP contribution in [0.3, 0.4) is 0 Å². The van der Waals surface area contributed by atoms with Gasteiger partial charge in [0.1, 0.15) is 5.76 Å². The average Bonchev–Trinajstić information content (AvgIpc) is 2.74. The molecule has 0 aliphatic carbocycles. The Labute approximate surface area is 92.3 Å². The largest absolute Gasteiger partial charge is 0.467 e. The molecule has 1 N–H and O–H groups in total. The number of anilines is 1. The standard InChI is InChI=1S/C10H10ClN3O/c1-7(8-3-2-6-15-8)14-10-9(11)12-4-5-13-10/h2-7H,1H3,(H,13,14). The molecule has 0 aromatic carbocycles. The highest BCUT2D eigenvalue weighted by Crippen LogP contribution is 2.21. The molecule has 0 radical (unpaired) electrons. The van der Waals surface area contributed by atoms with Gasteiger partial charge in [0.2, 0.25) is 0 Å². The predicted octanol–water partition coefficient (Wildman–Crippen LogP) is 2.90. The first-order chi connectivity index (χ1) is 7.27. The van der Waals surface area contributed by atoms with Gasteiger partial charge in [0.15, 0.2) is 11.0 Å². The molecule has 2 rings (SSSR count). The van der Waals surface area contributed by atoms with E-state index in [9.17, 15) is 0 Å². The van der Waals surface area contributed by atoms with Gasteiger partial charge in [-0.2, -0.15) is 0 Å². The minimum atomic E-state index is 0.00852. The van der Waals surface area contributed by atoms with Crippen LogP contribution in [0, 0.1) is 0 Å². The van der Waals surface area contributed by atoms with Crippen LogP contribution in [-0.4, -0.2) is 9.97 Å². The summed E-state index contributed by atoms with van der Waals surface area (Å²) in [7, 11) is 0. The third-order valence-electron chi connectivity index (χ3n) is 1.98. The first-order valence-corrected chi connectivity index (χ1v) is 4.91. The molecule has 15 heavy (non-hydrogen) atoms. The number of hydrogen-bond acceptors (Lipinski definition) is 4. The second-order valence-electron chi connectivity index (χ2n) is 3.08. The summed E-state index contributed by atoms with van der Waals surface area (Å²) in [6, 6.07) is 3.74. The normalized spacial score (nSPS) is 12.4. The molecule has 1 unspecified atom stereocenters. The Morgan fingerprint density at radius 2 is 2.20 bits per heavy atom. The number of furan rings is 1. The third kappa shape index (κ3) is 2.27. The Bertz CT molecular complexity index is 430. The van der Waals surface area contributed by atoms with Crippen molar-refractivity contribution in [1.82, 2.24) is 9.97 Å². The summed E-state index contributed by atoms with van der Waals surface area (Å²) in [6.07, 6.45) is 4.76. The minimum absolute atomic E-state index is 0.00852. The van der Waals surface area contributed by atoms with E-state index in [1.54, 1.807) is 18.7 Å². The molecule has 4 nitrogen and oxygen atoms in total. The molecule has 0 aliphatic heterocycles. The molecule has 0 fully saturated rings. The van der Waals surface area contributed by atoms with Crippen LogP contribution >= 0.6 is 11.6 Å². The van der Waals surface area contributed by atoms with Crippen LogP contribution in [0.4, 0.5) is 5.82 Å². The van der Waals surface area contributed by atoms with Crippen LogP contribution < -0.4 is 5.32 Å². The van der Waals surface area contributed by atoms with E-state index in [1.807, 2.05) is 19.1 Å². The molecular weight excluding hydrogens is 214 g/mol. The van der Waals surface area contributed by atoms with E-state index < -0.39 is 0 Å². The van der Waals surface area contributed by atoms with Crippen molar-refractivity contribution in [3.8, 4) is 0 Å². The lowest BCUT2D eigenvalue weighted by Gasteiger charge is -2.11. The molecule has 0 amide bonds. The van der Waals surface area contributed by atoms with E-state index in [4.69, 9.17) is 16.0 Å². The zero-order valence-corrected chi connectivity index (χ0v) is 8.90. The van der Waals surface area contributed by atoms with Crippen molar-refractivity contribution in [1.29, 1.82) is 0 Å². The van der Waals surface area contributed by atoms with Crippen molar-refractivity contribution < 1.29 is 4.42 Å². The third-order valence-corrected chi connectivity index (χ3v) is 2.25. The molecule has 1 atom stereocenters. The molecule has 78 valence electrons. The van der Waals surface area contributed by atoms with Crippen LogP contribution in [0.1, 0.15) is 18.7 Å². The lowest BCUT2D eigenvalue weighted by Crippen LogP contribution is -2.07. The minimum Gasteiger partial charge on any atom is -0.467 e. The SMILES string of the molecule is CC(Nc1nccnc1Cl)c1ccco1. The summed E-state index contributed by atoms with van der Waals surface area (Å²) in [5, 5.41) is 3.47. The van der Waals surface area contributed by atoms with Gasteiger partial charge in [0.05, 0.1) is 12.3 Å². The lowest BCUT2D eigenvalue weighted by molar-refractivity contribution is 0.490. The zero-order valence-electron chi connectivity index (χ0n) is 8.14. The number of rotatable bonds is 3. The van der Waals surface area contributed by atoms with E-state index in [0.717, 1.165) is 5.76 Å². The summed E-state index contributed by atoms with van der Waals surface area (Å²) in [5.41, 5.74) is 0. The summed E-state index contributed by atoms with van der Waals surface area (Å²) < 4.78 is 5.25. The van der Waals surface area contributed by atoms with E-state index in [-0.39, 0.29) is 6.04 Å². The number of nitrogens with one attached hydrogen (secondary N) is 1. The quantitative estimate of drug-likeness (QED) is 0.869. The van der Waals surface area contributed by atoms with Gasteiger partial charge < -0.3 is 9.73 Å². The first-order valence-electron chi connectivity index (χ1n) is 4.54. The van der Waals surface area contributed by atoms with Gasteiger partial charge in [-0.1, -0.05) is 11.6 Å². The second-order valence-corrected chi connectivity index (χ2v) is 3.44. The molecule has 0 saturated carbocycles. The van der Waals surface area contributed by atoms with Crippen molar-refractivity contribution in [3.63, 3.8) is 0 Å². The van der Waals surface area contributed by atoms with Gasteiger partial charge in [-0.05, 0) is 19.1 Å². The Morgan fingerprint density at radius 1 is 1.40 bits per heavy atom. The second kappa shape index (κ2) is 4.31. The maximum Gasteiger partial charge on any atom is 0.171 e. The summed E-state index contributed by atoms with van der Waals surface area (Å²) in [6.45, 7) is 1.96. The topological polar surface area (TPSA) is 51.0 Å². The predicted molar refractivity (Wildman–Crippen MR) is 57.8 cm³/mol. The van der Waals surface area contributed by atoms with Gasteiger partial charge in [0.25, 0.3) is 0 Å². The van der Waals surface area contributed by atoms with E-state index in [1.165, 1.54) is 0 Å². The fourth-order valence-corrected chi connectivity index (χ4v) is 1.39. The summed E-state index contributed by atoms with van der Waals surface area (Å²) in [5.74, 6) is 1.39. The van der Waals surface area contributed by atoms with Crippen LogP contribution in [0.25, 0.3) is 0 Å². The van der Waals surface area contributed by atoms with Crippen LogP contribution in [-0.2, 0) is 0 Å². The smallest absolute Gasteiger partial charge is 0.171 e. The summed E-state index contributed by atoms with van der Waals surface area (Å²) in [4.78, 5) is 8.00. The van der Waals surface area contributed by atoms with Gasteiger partial charge in [-0.15, -0.1) is 0 Å². The maximum atomic E-state index is 5.86. The fraction of sp³-hybridized carbons (Fsp3) is 0.200. The van der Waals surface area contributed by atoms with Crippen molar-refractivity contribution in [2.24, 2.45) is 0 Å². The molecule has 0 spiro atoms. The Morgan fingerprint density at radius 3 is 2.87 bits per heavy atom. The average molecular weight is 224 g/mol. The van der Waals surface area contributed by atoms with Crippen LogP contribution in [0.15, 0.2) is 35.2 Å². The zero-order chi connectivity index (χ0) is 10.7. The fourth-order valence-electron chi connectivity index (χ4n) is 1.23. The van der Waals surface area contributed by atoms with Crippen LogP contribution in [0.5, 0.6) is 0 Å². The van der Waals surface area contributed by atoms with E-state index in [0.29, 0.717) is 11.0 Å². The molecule has 2 heterocycles. The molecule has 0 aliphatic rings. The number of hydrogen-bond donors (Lipinski definition) is 1. The van der Waals surface area contributed by atoms with Crippen molar-refractivity contribution in [2.45, 2.75) is 13.0 Å². The molecular formula is C10H10ClN3O. The van der Waals surface area contributed by atoms with E-state index >= 15 is 0 Å². The van der Waals surface area contributed by atoms with Crippen molar-refractivity contribution >= 4 is 17.4 Å². The van der Waals surface area contributed by atoms with Crippen LogP contribution in [0.2, 0.25) is 5.15 Å². The van der Waals surface area contributed by atoms with Gasteiger partial charge >= 0.3 is 0 Å². The van der Waals surface area contributed by atoms with E-state index in [2.05, 4.69) is 15.3 Å². The lowest BCUT2D eigenvalue weighted by atomic mass is 10.2. The maximum absolute atomic E-state index is 5.86. The number of halogens is 1. The van der Waals surface area contributed by atoms with Crippen molar-refractivity contribution in [3.05, 3.63) is 41.7 Å². The molecule has 0 saturated heterocycles. The first kappa shape index (κ1) is 9.98. The molecule has 2 aromatic heterocycles.